The Morgan fingerprint density at radius 1 is 1.38 bits per heavy atom. The van der Waals surface area contributed by atoms with Crippen molar-refractivity contribution in [1.29, 1.82) is 0 Å². The lowest BCUT2D eigenvalue weighted by Crippen LogP contribution is -2.11. The van der Waals surface area contributed by atoms with E-state index in [1.807, 2.05) is 0 Å². The highest BCUT2D eigenvalue weighted by Gasteiger charge is 2.15. The summed E-state index contributed by atoms with van der Waals surface area (Å²) < 4.78 is 0. The molecule has 1 fully saturated rings. The molecule has 0 aromatic carbocycles. The molecule has 1 unspecified atom stereocenters. The maximum absolute atomic E-state index is 10.00. The summed E-state index contributed by atoms with van der Waals surface area (Å²) in [4.78, 5) is 26.9. The standard InChI is InChI=1S/C9H10N2O2/c12-6-10-5-8-2-1-3-9(4-8)11-7-13/h5,9H,1-4H2. The van der Waals surface area contributed by atoms with Gasteiger partial charge in [0.2, 0.25) is 12.2 Å². The molecule has 0 aromatic rings. The molecule has 68 valence electrons. The molecule has 0 spiro atoms. The molecule has 13 heavy (non-hydrogen) atoms. The van der Waals surface area contributed by atoms with E-state index in [4.69, 9.17) is 0 Å². The summed E-state index contributed by atoms with van der Waals surface area (Å²) in [6, 6.07) is 0.0272. The zero-order valence-electron chi connectivity index (χ0n) is 7.19. The Morgan fingerprint density at radius 2 is 2.23 bits per heavy atom. The molecule has 0 saturated heterocycles. The summed E-state index contributed by atoms with van der Waals surface area (Å²) in [6.45, 7) is 0. The molecule has 4 heteroatoms. The first-order chi connectivity index (χ1) is 6.36. The topological polar surface area (TPSA) is 58.9 Å². The number of nitrogens with zero attached hydrogens (tertiary/aromatic N) is 2. The van der Waals surface area contributed by atoms with E-state index in [2.05, 4.69) is 9.98 Å². The molecule has 0 N–H and O–H groups in total. The van der Waals surface area contributed by atoms with Gasteiger partial charge in [-0.05, 0) is 31.3 Å². The minimum absolute atomic E-state index is 0.0272. The van der Waals surface area contributed by atoms with Crippen LogP contribution in [-0.4, -0.2) is 18.2 Å². The summed E-state index contributed by atoms with van der Waals surface area (Å²) in [7, 11) is 0. The van der Waals surface area contributed by atoms with Crippen LogP contribution in [0.5, 0.6) is 0 Å². The van der Waals surface area contributed by atoms with Crippen molar-refractivity contribution in [2.45, 2.75) is 31.7 Å². The third-order valence-electron chi connectivity index (χ3n) is 2.07. The molecule has 1 rings (SSSR count). The number of aliphatic imine (C=N–C) groups is 2. The summed E-state index contributed by atoms with van der Waals surface area (Å²) >= 11 is 0. The first kappa shape index (κ1) is 9.59. The number of rotatable bonds is 2. The predicted octanol–water partition coefficient (Wildman–Crippen LogP) is 1.48. The van der Waals surface area contributed by atoms with Crippen molar-refractivity contribution in [3.63, 3.8) is 0 Å². The van der Waals surface area contributed by atoms with Gasteiger partial charge in [-0.15, -0.1) is 0 Å². The average Bonchev–Trinajstić information content (AvgIpc) is 2.16. The van der Waals surface area contributed by atoms with Crippen LogP contribution in [0.25, 0.3) is 0 Å². The Labute approximate surface area is 76.1 Å². The minimum atomic E-state index is 0.0272. The van der Waals surface area contributed by atoms with Crippen molar-refractivity contribution in [1.82, 2.24) is 0 Å². The highest BCUT2D eigenvalue weighted by Crippen LogP contribution is 2.25. The SMILES string of the molecule is O=C=NC=C1CCCC(N=C=O)C1. The zero-order valence-corrected chi connectivity index (χ0v) is 7.19. The fraction of sp³-hybridized carbons (Fsp3) is 0.556. The van der Waals surface area contributed by atoms with Crippen LogP contribution in [-0.2, 0) is 9.59 Å². The molecular weight excluding hydrogens is 168 g/mol. The molecule has 0 bridgehead atoms. The van der Waals surface area contributed by atoms with Gasteiger partial charge in [0.25, 0.3) is 0 Å². The van der Waals surface area contributed by atoms with E-state index >= 15 is 0 Å². The largest absolute Gasteiger partial charge is 0.239 e. The van der Waals surface area contributed by atoms with Crippen molar-refractivity contribution in [3.8, 4) is 0 Å². The number of hydrogen-bond acceptors (Lipinski definition) is 4. The lowest BCUT2D eigenvalue weighted by atomic mass is 9.92. The number of carbonyl (C=O) groups excluding carboxylic acids is 2. The Balaban J connectivity index is 2.60. The van der Waals surface area contributed by atoms with E-state index in [-0.39, 0.29) is 6.04 Å². The lowest BCUT2D eigenvalue weighted by Gasteiger charge is -2.18. The number of isocyanates is 2. The van der Waals surface area contributed by atoms with Crippen LogP contribution in [0.4, 0.5) is 0 Å². The molecular formula is C9H10N2O2. The van der Waals surface area contributed by atoms with Crippen molar-refractivity contribution in [2.75, 3.05) is 0 Å². The van der Waals surface area contributed by atoms with Gasteiger partial charge in [0.15, 0.2) is 0 Å². The van der Waals surface area contributed by atoms with Gasteiger partial charge >= 0.3 is 0 Å². The van der Waals surface area contributed by atoms with E-state index in [0.717, 1.165) is 24.8 Å². The molecule has 0 amide bonds. The summed E-state index contributed by atoms with van der Waals surface area (Å²) in [5, 5.41) is 0. The van der Waals surface area contributed by atoms with E-state index in [0.29, 0.717) is 6.42 Å². The smallest absolute Gasteiger partial charge is 0.211 e. The zero-order chi connectivity index (χ0) is 9.52. The minimum Gasteiger partial charge on any atom is -0.211 e. The molecule has 0 radical (unpaired) electrons. The van der Waals surface area contributed by atoms with Gasteiger partial charge in [0, 0.05) is 6.20 Å². The van der Waals surface area contributed by atoms with Crippen molar-refractivity contribution in [3.05, 3.63) is 11.8 Å². The molecule has 1 aliphatic carbocycles. The van der Waals surface area contributed by atoms with Crippen LogP contribution in [0.3, 0.4) is 0 Å². The quantitative estimate of drug-likeness (QED) is 0.475. The monoisotopic (exact) mass is 178 g/mol. The van der Waals surface area contributed by atoms with Crippen LogP contribution in [0.15, 0.2) is 21.8 Å². The summed E-state index contributed by atoms with van der Waals surface area (Å²) in [5.41, 5.74) is 1.05. The second-order valence-electron chi connectivity index (χ2n) is 2.98. The van der Waals surface area contributed by atoms with Gasteiger partial charge in [-0.3, -0.25) is 0 Å². The molecule has 4 nitrogen and oxygen atoms in total. The second-order valence-corrected chi connectivity index (χ2v) is 2.98. The lowest BCUT2D eigenvalue weighted by molar-refractivity contribution is 0.506. The van der Waals surface area contributed by atoms with Crippen molar-refractivity contribution in [2.24, 2.45) is 9.98 Å². The van der Waals surface area contributed by atoms with Gasteiger partial charge in [-0.25, -0.2) is 14.6 Å². The summed E-state index contributed by atoms with van der Waals surface area (Å²) in [6.07, 6.45) is 8.05. The van der Waals surface area contributed by atoms with Crippen LogP contribution in [0.1, 0.15) is 25.7 Å². The maximum atomic E-state index is 10.00. The Morgan fingerprint density at radius 3 is 2.92 bits per heavy atom. The van der Waals surface area contributed by atoms with E-state index in [1.165, 1.54) is 12.3 Å². The molecule has 0 aliphatic heterocycles. The van der Waals surface area contributed by atoms with Crippen LogP contribution >= 0.6 is 0 Å². The molecule has 0 heterocycles. The second kappa shape index (κ2) is 5.20. The molecule has 1 atom stereocenters. The third-order valence-corrected chi connectivity index (χ3v) is 2.07. The molecule has 1 aliphatic rings. The molecule has 0 aromatic heterocycles. The van der Waals surface area contributed by atoms with Gasteiger partial charge in [-0.1, -0.05) is 0 Å². The Bertz CT molecular complexity index is 297. The average molecular weight is 178 g/mol. The van der Waals surface area contributed by atoms with E-state index < -0.39 is 0 Å². The van der Waals surface area contributed by atoms with Crippen LogP contribution < -0.4 is 0 Å². The van der Waals surface area contributed by atoms with Crippen LogP contribution in [0.2, 0.25) is 0 Å². The van der Waals surface area contributed by atoms with Crippen molar-refractivity contribution < 1.29 is 9.59 Å². The highest BCUT2D eigenvalue weighted by molar-refractivity contribution is 5.36. The van der Waals surface area contributed by atoms with Gasteiger partial charge in [0.1, 0.15) is 0 Å². The van der Waals surface area contributed by atoms with E-state index in [1.54, 1.807) is 6.08 Å². The normalized spacial score (nSPS) is 24.6. The van der Waals surface area contributed by atoms with Gasteiger partial charge in [0.05, 0.1) is 6.04 Å². The fourth-order valence-electron chi connectivity index (χ4n) is 1.49. The summed E-state index contributed by atoms with van der Waals surface area (Å²) in [5.74, 6) is 0. The Hall–Kier alpha value is -1.50. The Kier molecular flexibility index (Phi) is 3.83. The van der Waals surface area contributed by atoms with Gasteiger partial charge in [-0.2, -0.15) is 4.99 Å². The molecule has 1 saturated carbocycles. The maximum Gasteiger partial charge on any atom is 0.239 e. The highest BCUT2D eigenvalue weighted by atomic mass is 16.1. The van der Waals surface area contributed by atoms with Gasteiger partial charge < -0.3 is 0 Å². The van der Waals surface area contributed by atoms with E-state index in [9.17, 15) is 9.59 Å². The van der Waals surface area contributed by atoms with Crippen molar-refractivity contribution >= 4 is 12.2 Å². The number of hydrogen-bond donors (Lipinski definition) is 0. The fourth-order valence-corrected chi connectivity index (χ4v) is 1.49. The third kappa shape index (κ3) is 3.16. The predicted molar refractivity (Wildman–Crippen MR) is 46.6 cm³/mol. The first-order valence-electron chi connectivity index (χ1n) is 4.18. The first-order valence-corrected chi connectivity index (χ1v) is 4.18. The van der Waals surface area contributed by atoms with Crippen LogP contribution in [0, 0.1) is 0 Å².